The Hall–Kier alpha value is -0.970. The quantitative estimate of drug-likeness (QED) is 0.838. The topological polar surface area (TPSA) is 27.1 Å². The highest BCUT2D eigenvalue weighted by molar-refractivity contribution is 9.10. The fourth-order valence-corrected chi connectivity index (χ4v) is 2.27. The molecule has 0 aromatic heterocycles. The van der Waals surface area contributed by atoms with Gasteiger partial charge in [-0.05, 0) is 25.0 Å². The molecule has 5 heteroatoms. The summed E-state index contributed by atoms with van der Waals surface area (Å²) < 4.78 is 27.7. The maximum Gasteiger partial charge on any atom is 0.151 e. The first kappa shape index (κ1) is 11.5. The number of halogens is 3. The molecule has 16 heavy (non-hydrogen) atoms. The molecule has 0 unspecified atom stereocenters. The van der Waals surface area contributed by atoms with Crippen molar-refractivity contribution in [3.05, 3.63) is 28.2 Å². The summed E-state index contributed by atoms with van der Waals surface area (Å²) in [6.07, 6.45) is 2.35. The number of piperidine rings is 1. The van der Waals surface area contributed by atoms with E-state index < -0.39 is 11.6 Å². The summed E-state index contributed by atoms with van der Waals surface area (Å²) in [5.41, 5.74) is -0.104. The molecule has 1 aromatic carbocycles. The molecule has 0 spiro atoms. The van der Waals surface area contributed by atoms with Crippen molar-refractivity contribution in [2.45, 2.75) is 19.3 Å². The van der Waals surface area contributed by atoms with E-state index in [0.29, 0.717) is 17.4 Å². The molecule has 1 saturated heterocycles. The van der Waals surface area contributed by atoms with E-state index in [2.05, 4.69) is 15.9 Å². The molecule has 2 rings (SSSR count). The number of nitrogens with one attached hydrogen (secondary N) is 1. The van der Waals surface area contributed by atoms with Gasteiger partial charge in [-0.2, -0.15) is 0 Å². The molecule has 0 bridgehead atoms. The van der Waals surface area contributed by atoms with Crippen LogP contribution in [0.1, 0.15) is 19.3 Å². The summed E-state index contributed by atoms with van der Waals surface area (Å²) in [4.78, 5) is 1.42. The second-order valence-corrected chi connectivity index (χ2v) is 4.69. The van der Waals surface area contributed by atoms with Crippen molar-refractivity contribution in [3.63, 3.8) is 0 Å². The van der Waals surface area contributed by atoms with Crippen molar-refractivity contribution in [1.82, 2.24) is 0 Å². The van der Waals surface area contributed by atoms with Crippen LogP contribution in [0.5, 0.6) is 0 Å². The molecule has 1 aromatic rings. The molecular formula is C11H11BrF2N2. The molecule has 1 fully saturated rings. The summed E-state index contributed by atoms with van der Waals surface area (Å²) >= 11 is 3.03. The van der Waals surface area contributed by atoms with Crippen molar-refractivity contribution in [3.8, 4) is 0 Å². The Kier molecular flexibility index (Phi) is 3.23. The van der Waals surface area contributed by atoms with Gasteiger partial charge in [-0.1, -0.05) is 15.9 Å². The van der Waals surface area contributed by atoms with Gasteiger partial charge in [0.1, 0.15) is 11.5 Å². The summed E-state index contributed by atoms with van der Waals surface area (Å²) in [7, 11) is 0. The SMILES string of the molecule is N=C1CCCCN1c1c(F)cc(Br)cc1F. The number of anilines is 1. The van der Waals surface area contributed by atoms with E-state index in [0.717, 1.165) is 12.8 Å². The number of benzene rings is 1. The van der Waals surface area contributed by atoms with Crippen LogP contribution in [-0.2, 0) is 0 Å². The van der Waals surface area contributed by atoms with Gasteiger partial charge < -0.3 is 4.90 Å². The fraction of sp³-hybridized carbons (Fsp3) is 0.364. The molecule has 0 saturated carbocycles. The zero-order valence-corrected chi connectivity index (χ0v) is 10.2. The van der Waals surface area contributed by atoms with Gasteiger partial charge in [0.15, 0.2) is 11.6 Å². The smallest absolute Gasteiger partial charge is 0.151 e. The Labute approximate surface area is 101 Å². The van der Waals surface area contributed by atoms with E-state index in [4.69, 9.17) is 5.41 Å². The van der Waals surface area contributed by atoms with Crippen molar-refractivity contribution < 1.29 is 8.78 Å². The van der Waals surface area contributed by atoms with Gasteiger partial charge in [-0.25, -0.2) is 8.78 Å². The van der Waals surface area contributed by atoms with E-state index in [-0.39, 0.29) is 11.5 Å². The zero-order valence-electron chi connectivity index (χ0n) is 8.56. The highest BCUT2D eigenvalue weighted by Crippen LogP contribution is 2.29. The van der Waals surface area contributed by atoms with Gasteiger partial charge in [0.2, 0.25) is 0 Å². The second kappa shape index (κ2) is 4.49. The molecule has 1 aliphatic rings. The van der Waals surface area contributed by atoms with Crippen LogP contribution in [0, 0.1) is 17.0 Å². The summed E-state index contributed by atoms with van der Waals surface area (Å²) in [6, 6.07) is 2.45. The summed E-state index contributed by atoms with van der Waals surface area (Å²) in [5, 5.41) is 7.71. The molecule has 0 radical (unpaired) electrons. The van der Waals surface area contributed by atoms with Gasteiger partial charge in [-0.15, -0.1) is 0 Å². The third-order valence-electron chi connectivity index (χ3n) is 2.62. The molecule has 0 atom stereocenters. The second-order valence-electron chi connectivity index (χ2n) is 3.77. The van der Waals surface area contributed by atoms with Crippen LogP contribution in [0.2, 0.25) is 0 Å². The molecule has 86 valence electrons. The van der Waals surface area contributed by atoms with E-state index in [1.165, 1.54) is 17.0 Å². The minimum absolute atomic E-state index is 0.104. The normalized spacial score (nSPS) is 16.7. The van der Waals surface area contributed by atoms with Crippen molar-refractivity contribution in [2.75, 3.05) is 11.4 Å². The number of rotatable bonds is 1. The standard InChI is InChI=1S/C11H11BrF2N2/c12-7-5-8(13)11(9(14)6-7)16-4-2-1-3-10(16)15/h5-6,15H,1-4H2. The van der Waals surface area contributed by atoms with Crippen LogP contribution < -0.4 is 4.90 Å². The first-order valence-corrected chi connectivity index (χ1v) is 5.88. The molecule has 1 N–H and O–H groups in total. The van der Waals surface area contributed by atoms with Gasteiger partial charge >= 0.3 is 0 Å². The number of nitrogens with zero attached hydrogens (tertiary/aromatic N) is 1. The lowest BCUT2D eigenvalue weighted by atomic mass is 10.1. The van der Waals surface area contributed by atoms with Gasteiger partial charge in [0.05, 0.1) is 0 Å². The molecular weight excluding hydrogens is 278 g/mol. The lowest BCUT2D eigenvalue weighted by Gasteiger charge is -2.29. The lowest BCUT2D eigenvalue weighted by molar-refractivity contribution is 0.572. The first-order valence-electron chi connectivity index (χ1n) is 5.09. The predicted molar refractivity (Wildman–Crippen MR) is 63.0 cm³/mol. The zero-order chi connectivity index (χ0) is 11.7. The van der Waals surface area contributed by atoms with Crippen LogP contribution in [0.15, 0.2) is 16.6 Å². The van der Waals surface area contributed by atoms with Crippen molar-refractivity contribution >= 4 is 27.5 Å². The Morgan fingerprint density at radius 1 is 1.19 bits per heavy atom. The van der Waals surface area contributed by atoms with Gasteiger partial charge in [0, 0.05) is 17.4 Å². The molecule has 0 aliphatic carbocycles. The molecule has 2 nitrogen and oxygen atoms in total. The third-order valence-corrected chi connectivity index (χ3v) is 3.08. The summed E-state index contributed by atoms with van der Waals surface area (Å²) in [5.74, 6) is -0.969. The summed E-state index contributed by atoms with van der Waals surface area (Å²) in [6.45, 7) is 0.508. The Morgan fingerprint density at radius 2 is 1.81 bits per heavy atom. The van der Waals surface area contributed by atoms with Crippen LogP contribution >= 0.6 is 15.9 Å². The van der Waals surface area contributed by atoms with Gasteiger partial charge in [0.25, 0.3) is 0 Å². The minimum Gasteiger partial charge on any atom is -0.325 e. The van der Waals surface area contributed by atoms with Crippen molar-refractivity contribution in [1.29, 1.82) is 5.41 Å². The number of hydrogen-bond acceptors (Lipinski definition) is 1. The fourth-order valence-electron chi connectivity index (χ4n) is 1.87. The predicted octanol–water partition coefficient (Wildman–Crippen LogP) is 3.69. The van der Waals surface area contributed by atoms with Crippen LogP contribution in [-0.4, -0.2) is 12.4 Å². The van der Waals surface area contributed by atoms with Crippen LogP contribution in [0.25, 0.3) is 0 Å². The lowest BCUT2D eigenvalue weighted by Crippen LogP contribution is -2.36. The van der Waals surface area contributed by atoms with Gasteiger partial charge in [-0.3, -0.25) is 5.41 Å². The van der Waals surface area contributed by atoms with E-state index in [1.807, 2.05) is 0 Å². The minimum atomic E-state index is -0.626. The highest BCUT2D eigenvalue weighted by Gasteiger charge is 2.23. The van der Waals surface area contributed by atoms with Crippen LogP contribution in [0.4, 0.5) is 14.5 Å². The Balaban J connectivity index is 2.42. The first-order chi connectivity index (χ1) is 7.59. The average Bonchev–Trinajstić information content (AvgIpc) is 2.19. The maximum absolute atomic E-state index is 13.7. The Bertz CT molecular complexity index is 411. The molecule has 0 amide bonds. The van der Waals surface area contributed by atoms with E-state index in [1.54, 1.807) is 0 Å². The monoisotopic (exact) mass is 288 g/mol. The Morgan fingerprint density at radius 3 is 2.38 bits per heavy atom. The molecule has 1 aliphatic heterocycles. The number of amidine groups is 1. The highest BCUT2D eigenvalue weighted by atomic mass is 79.9. The van der Waals surface area contributed by atoms with Crippen LogP contribution in [0.3, 0.4) is 0 Å². The average molecular weight is 289 g/mol. The third kappa shape index (κ3) is 2.09. The molecule has 1 heterocycles. The van der Waals surface area contributed by atoms with Crippen molar-refractivity contribution in [2.24, 2.45) is 0 Å². The maximum atomic E-state index is 13.7. The number of hydrogen-bond donors (Lipinski definition) is 1. The largest absolute Gasteiger partial charge is 0.325 e. The van der Waals surface area contributed by atoms with E-state index >= 15 is 0 Å². The van der Waals surface area contributed by atoms with E-state index in [9.17, 15) is 8.78 Å².